The fraction of sp³-hybridized carbons (Fsp3) is 0.425. The Balaban J connectivity index is 1.37. The van der Waals surface area contributed by atoms with Gasteiger partial charge in [0.15, 0.2) is 0 Å². The minimum atomic E-state index is -4.07. The van der Waals surface area contributed by atoms with Gasteiger partial charge in [0.1, 0.15) is 12.6 Å². The van der Waals surface area contributed by atoms with Crippen molar-refractivity contribution in [3.05, 3.63) is 113 Å². The number of fused-ring (bicyclic) bond motifs is 1. The standard InChI is InChI=1S/C40H50N6O6S/c1-5-29(4)38(46-22-21-44(40(46)49)26-33-18-17-32-13-9-10-14-35(32)42-33)39(48)43-36(23-30-11-7-6-8-12-30)37(47)27-45(25-28(2)3)53(51,52)34-19-15-31(16-20-34)24-41-50/h6-20,28-29,36-38,47H,5,21-27H2,1-4H3,(H,43,48)/t29-,36-,37+,38-/m0/s1. The predicted molar refractivity (Wildman–Crippen MR) is 205 cm³/mol. The van der Waals surface area contributed by atoms with E-state index in [-0.39, 0.29) is 48.8 Å². The van der Waals surface area contributed by atoms with Crippen LogP contribution in [0.25, 0.3) is 10.9 Å². The molecular formula is C40H50N6O6S. The zero-order valence-electron chi connectivity index (χ0n) is 30.8. The maximum Gasteiger partial charge on any atom is 0.321 e. The van der Waals surface area contributed by atoms with E-state index in [1.165, 1.54) is 16.4 Å². The lowest BCUT2D eigenvalue weighted by Crippen LogP contribution is -2.57. The van der Waals surface area contributed by atoms with Crippen molar-refractivity contribution in [1.82, 2.24) is 24.4 Å². The smallest absolute Gasteiger partial charge is 0.321 e. The van der Waals surface area contributed by atoms with Crippen LogP contribution in [0.15, 0.2) is 101 Å². The first-order chi connectivity index (χ1) is 25.4. The number of para-hydroxylation sites is 1. The summed E-state index contributed by atoms with van der Waals surface area (Å²) >= 11 is 0. The van der Waals surface area contributed by atoms with Crippen molar-refractivity contribution in [2.75, 3.05) is 26.2 Å². The molecule has 0 bridgehead atoms. The molecule has 0 radical (unpaired) electrons. The minimum Gasteiger partial charge on any atom is -0.390 e. The summed E-state index contributed by atoms with van der Waals surface area (Å²) in [4.78, 5) is 47.0. The number of urea groups is 1. The number of pyridine rings is 1. The van der Waals surface area contributed by atoms with Gasteiger partial charge in [-0.3, -0.25) is 9.78 Å². The van der Waals surface area contributed by atoms with Gasteiger partial charge in [-0.05, 0) is 53.6 Å². The summed E-state index contributed by atoms with van der Waals surface area (Å²) in [5.74, 6) is -0.681. The van der Waals surface area contributed by atoms with Gasteiger partial charge in [-0.2, -0.15) is 9.21 Å². The number of benzene rings is 3. The van der Waals surface area contributed by atoms with Crippen LogP contribution in [0, 0.1) is 16.7 Å². The van der Waals surface area contributed by atoms with Gasteiger partial charge in [0, 0.05) is 31.6 Å². The molecule has 1 aliphatic heterocycles. The molecule has 12 nitrogen and oxygen atoms in total. The summed E-state index contributed by atoms with van der Waals surface area (Å²) in [6.45, 7) is 8.54. The topological polar surface area (TPSA) is 153 Å². The fourth-order valence-electron chi connectivity index (χ4n) is 6.75. The molecule has 53 heavy (non-hydrogen) atoms. The van der Waals surface area contributed by atoms with Crippen LogP contribution in [-0.2, 0) is 34.3 Å². The van der Waals surface area contributed by atoms with E-state index in [4.69, 9.17) is 4.98 Å². The molecule has 0 spiro atoms. The van der Waals surface area contributed by atoms with Crippen molar-refractivity contribution in [2.24, 2.45) is 17.0 Å². The fourth-order valence-corrected chi connectivity index (χ4v) is 8.37. The summed E-state index contributed by atoms with van der Waals surface area (Å²) in [6.07, 6.45) is -0.437. The highest BCUT2D eigenvalue weighted by molar-refractivity contribution is 7.89. The first kappa shape index (κ1) is 39.5. The van der Waals surface area contributed by atoms with E-state index < -0.39 is 34.1 Å². The Bertz CT molecular complexity index is 1960. The Hall–Kier alpha value is -4.72. The first-order valence-corrected chi connectivity index (χ1v) is 19.7. The number of hydrogen-bond donors (Lipinski definition) is 2. The van der Waals surface area contributed by atoms with Gasteiger partial charge in [0.25, 0.3) is 0 Å². The van der Waals surface area contributed by atoms with E-state index in [1.54, 1.807) is 21.9 Å². The molecule has 3 aromatic carbocycles. The van der Waals surface area contributed by atoms with Gasteiger partial charge in [0.2, 0.25) is 15.9 Å². The van der Waals surface area contributed by atoms with Crippen molar-refractivity contribution >= 4 is 32.9 Å². The molecule has 0 saturated carbocycles. The lowest BCUT2D eigenvalue weighted by atomic mass is 9.95. The lowest BCUT2D eigenvalue weighted by Gasteiger charge is -2.35. The zero-order chi connectivity index (χ0) is 38.1. The number of aromatic nitrogens is 1. The molecule has 0 unspecified atom stereocenters. The van der Waals surface area contributed by atoms with Crippen LogP contribution in [0.3, 0.4) is 0 Å². The number of carbonyl (C=O) groups is 2. The van der Waals surface area contributed by atoms with E-state index in [9.17, 15) is 28.0 Å². The minimum absolute atomic E-state index is 0.0245. The maximum absolute atomic E-state index is 14.4. The van der Waals surface area contributed by atoms with Gasteiger partial charge < -0.3 is 20.2 Å². The Labute approximate surface area is 312 Å². The third-order valence-electron chi connectivity index (χ3n) is 9.78. The normalized spacial score (nSPS) is 15.9. The van der Waals surface area contributed by atoms with Crippen molar-refractivity contribution in [1.29, 1.82) is 0 Å². The van der Waals surface area contributed by atoms with Crippen LogP contribution < -0.4 is 5.32 Å². The average molecular weight is 743 g/mol. The van der Waals surface area contributed by atoms with Crippen molar-refractivity contribution < 1.29 is 23.1 Å². The quantitative estimate of drug-likeness (QED) is 0.126. The molecule has 4 atom stereocenters. The maximum atomic E-state index is 14.4. The summed E-state index contributed by atoms with van der Waals surface area (Å²) in [6, 6.07) is 25.1. The van der Waals surface area contributed by atoms with Gasteiger partial charge in [-0.25, -0.2) is 13.2 Å². The number of sulfonamides is 1. The Morgan fingerprint density at radius 1 is 0.925 bits per heavy atom. The van der Waals surface area contributed by atoms with E-state index in [0.29, 0.717) is 31.6 Å². The number of amides is 3. The monoisotopic (exact) mass is 742 g/mol. The molecule has 1 saturated heterocycles. The molecule has 282 valence electrons. The van der Waals surface area contributed by atoms with Crippen LogP contribution in [0.2, 0.25) is 0 Å². The zero-order valence-corrected chi connectivity index (χ0v) is 31.7. The van der Waals surface area contributed by atoms with Gasteiger partial charge in [-0.15, -0.1) is 0 Å². The highest BCUT2D eigenvalue weighted by atomic mass is 32.2. The number of carbonyl (C=O) groups excluding carboxylic acids is 2. The molecule has 1 fully saturated rings. The Kier molecular flexibility index (Phi) is 13.3. The van der Waals surface area contributed by atoms with Gasteiger partial charge in [-0.1, -0.05) is 106 Å². The van der Waals surface area contributed by atoms with Crippen molar-refractivity contribution in [3.8, 4) is 0 Å². The molecule has 0 aliphatic carbocycles. The second-order valence-corrected chi connectivity index (χ2v) is 16.2. The molecule has 2 heterocycles. The number of hydrogen-bond acceptors (Lipinski definition) is 8. The lowest BCUT2D eigenvalue weighted by molar-refractivity contribution is -0.128. The van der Waals surface area contributed by atoms with E-state index in [2.05, 4.69) is 10.5 Å². The van der Waals surface area contributed by atoms with Crippen LogP contribution in [0.4, 0.5) is 4.79 Å². The molecule has 1 aromatic heterocycles. The number of aliphatic hydroxyl groups is 1. The summed E-state index contributed by atoms with van der Waals surface area (Å²) < 4.78 is 29.1. The molecule has 2 N–H and O–H groups in total. The van der Waals surface area contributed by atoms with Crippen molar-refractivity contribution in [3.63, 3.8) is 0 Å². The number of aliphatic hydroxyl groups excluding tert-OH is 1. The van der Waals surface area contributed by atoms with Gasteiger partial charge in [0.05, 0.1) is 34.8 Å². The predicted octanol–water partition coefficient (Wildman–Crippen LogP) is 5.59. The average Bonchev–Trinajstić information content (AvgIpc) is 3.49. The molecule has 13 heteroatoms. The van der Waals surface area contributed by atoms with E-state index >= 15 is 0 Å². The summed E-state index contributed by atoms with van der Waals surface area (Å²) in [5.41, 5.74) is 3.03. The van der Waals surface area contributed by atoms with Crippen LogP contribution in [0.5, 0.6) is 0 Å². The van der Waals surface area contributed by atoms with Crippen LogP contribution >= 0.6 is 0 Å². The third-order valence-corrected chi connectivity index (χ3v) is 11.6. The molecule has 5 rings (SSSR count). The summed E-state index contributed by atoms with van der Waals surface area (Å²) in [5, 5.41) is 18.8. The first-order valence-electron chi connectivity index (χ1n) is 18.2. The Morgan fingerprint density at radius 3 is 2.30 bits per heavy atom. The highest BCUT2D eigenvalue weighted by Gasteiger charge is 2.41. The van der Waals surface area contributed by atoms with E-state index in [0.717, 1.165) is 22.2 Å². The number of nitroso groups, excluding NO2 is 1. The largest absolute Gasteiger partial charge is 0.390 e. The highest BCUT2D eigenvalue weighted by Crippen LogP contribution is 2.25. The number of nitrogens with one attached hydrogen (secondary N) is 1. The molecular weight excluding hydrogens is 693 g/mol. The van der Waals surface area contributed by atoms with Gasteiger partial charge >= 0.3 is 6.03 Å². The third kappa shape index (κ3) is 9.83. The second kappa shape index (κ2) is 17.9. The number of rotatable bonds is 18. The molecule has 3 amide bonds. The second-order valence-electron chi connectivity index (χ2n) is 14.2. The number of nitrogens with zero attached hydrogens (tertiary/aromatic N) is 5. The van der Waals surface area contributed by atoms with Crippen LogP contribution in [-0.4, -0.2) is 88.9 Å². The molecule has 1 aliphatic rings. The van der Waals surface area contributed by atoms with E-state index in [1.807, 2.05) is 94.4 Å². The van der Waals surface area contributed by atoms with Crippen molar-refractivity contribution in [2.45, 2.75) is 76.7 Å². The Morgan fingerprint density at radius 2 is 1.62 bits per heavy atom. The SMILES string of the molecule is CC[C@H](C)[C@@H](C(=O)N[C@@H](Cc1ccccc1)[C@H](O)CN(CC(C)C)S(=O)(=O)c1ccc(CN=O)cc1)N1CCN(Cc2ccc3ccccc3n2)C1=O. The molecule has 4 aromatic rings. The summed E-state index contributed by atoms with van der Waals surface area (Å²) in [7, 11) is -4.07. The van der Waals surface area contributed by atoms with Crippen LogP contribution in [0.1, 0.15) is 50.9 Å².